The first kappa shape index (κ1) is 39.8. The Kier molecular flexibility index (Phi) is 10.8. The second-order valence-electron chi connectivity index (χ2n) is 17.9. The molecule has 9 rings (SSSR count). The second-order valence-corrected chi connectivity index (χ2v) is 23.0. The van der Waals surface area contributed by atoms with Crippen molar-refractivity contribution < 1.29 is 41.8 Å². The van der Waals surface area contributed by atoms with E-state index in [0.29, 0.717) is 22.2 Å². The summed E-state index contributed by atoms with van der Waals surface area (Å²) in [7, 11) is -1.30. The Hall–Kier alpha value is -5.35. The van der Waals surface area contributed by atoms with Gasteiger partial charge in [0.2, 0.25) is 11.4 Å². The molecule has 0 N–H and O–H groups in total. The van der Waals surface area contributed by atoms with Gasteiger partial charge in [0, 0.05) is 47.3 Å². The molecule has 9 aromatic rings. The van der Waals surface area contributed by atoms with Crippen molar-refractivity contribution in [2.45, 2.75) is 92.2 Å². The quantitative estimate of drug-likeness (QED) is 0.122. The Morgan fingerprint density at radius 1 is 0.836 bits per heavy atom. The number of halogens is 2. The Morgan fingerprint density at radius 2 is 1.56 bits per heavy atom. The minimum Gasteiger partial charge on any atom is -0.486 e. The number of hydrogen-bond donors (Lipinski definition) is 0. The Labute approximate surface area is 374 Å². The van der Waals surface area contributed by atoms with Crippen LogP contribution in [0.4, 0.5) is 8.78 Å². The summed E-state index contributed by atoms with van der Waals surface area (Å²) < 4.78 is 65.3. The van der Waals surface area contributed by atoms with E-state index in [1.807, 2.05) is 36.5 Å². The van der Waals surface area contributed by atoms with Gasteiger partial charge in [0.15, 0.2) is 5.58 Å². The van der Waals surface area contributed by atoms with E-state index >= 15 is 0 Å². The molecule has 0 aliphatic carbocycles. The molecule has 5 aromatic heterocycles. The van der Waals surface area contributed by atoms with Crippen molar-refractivity contribution in [1.29, 1.82) is 0 Å². The smallest absolute Gasteiger partial charge is 0.384 e. The number of rotatable bonds is 6. The molecule has 4 aromatic carbocycles. The maximum absolute atomic E-state index is 13.9. The van der Waals surface area contributed by atoms with Gasteiger partial charge in [0.05, 0.1) is 30.5 Å². The molecule has 0 amide bonds. The molecule has 0 bridgehead atoms. The van der Waals surface area contributed by atoms with Crippen LogP contribution in [0.5, 0.6) is 0 Å². The summed E-state index contributed by atoms with van der Waals surface area (Å²) in [5, 5.41) is 2.02. The van der Waals surface area contributed by atoms with Gasteiger partial charge in [-0.1, -0.05) is 122 Å². The van der Waals surface area contributed by atoms with E-state index < -0.39 is 21.1 Å². The van der Waals surface area contributed by atoms with Gasteiger partial charge in [-0.05, 0) is 63.0 Å². The molecule has 0 unspecified atom stereocenters. The first-order valence-electron chi connectivity index (χ1n) is 21.6. The van der Waals surface area contributed by atoms with Crippen LogP contribution in [0.25, 0.3) is 72.7 Å². The predicted molar refractivity (Wildman–Crippen MR) is 241 cm³/mol. The molecule has 0 aliphatic rings. The third-order valence-electron chi connectivity index (χ3n) is 10.8. The molecule has 315 valence electrons. The summed E-state index contributed by atoms with van der Waals surface area (Å²) in [5.74, 6) is 0.656. The van der Waals surface area contributed by atoms with Gasteiger partial charge in [0.1, 0.15) is 0 Å². The van der Waals surface area contributed by atoms with E-state index in [4.69, 9.17) is 17.9 Å². The number of benzene rings is 4. The van der Waals surface area contributed by atoms with E-state index in [2.05, 4.69) is 118 Å². The fourth-order valence-corrected chi connectivity index (χ4v) is 8.51. The molecular weight excluding hydrogens is 961 g/mol. The zero-order valence-corrected chi connectivity index (χ0v) is 39.3. The number of aromatic nitrogens is 5. The fraction of sp³-hybridized carbons (Fsp3) is 0.280. The van der Waals surface area contributed by atoms with Crippen LogP contribution in [0.15, 0.2) is 93.9 Å². The third kappa shape index (κ3) is 8.35. The SMILES string of the molecule is C[Si](C)(C)c1ccc(-c2[c-]cc(F)cc2)nc1.[2H]C([2H])([2H])c1c[c-]c(-c2nc3ccccc3n2-c2c(C(C)C)cc(C(C)(C)C)cc2C(C)C)c2oc3nc4nc(F)oc4cc3c12.[Ir]. The number of oxazole rings is 1. The zero-order valence-electron chi connectivity index (χ0n) is 38.9. The van der Waals surface area contributed by atoms with Crippen LogP contribution < -0.4 is 5.19 Å². The average molecular weight is 1010 g/mol. The van der Waals surface area contributed by atoms with Crippen molar-refractivity contribution in [3.05, 3.63) is 131 Å². The molecule has 0 aliphatic heterocycles. The van der Waals surface area contributed by atoms with Crippen LogP contribution >= 0.6 is 0 Å². The molecule has 0 fully saturated rings. The molecule has 0 saturated carbocycles. The minimum atomic E-state index is -2.50. The molecule has 0 saturated heterocycles. The first-order chi connectivity index (χ1) is 29.6. The van der Waals surface area contributed by atoms with Gasteiger partial charge in [-0.15, -0.1) is 51.9 Å². The minimum absolute atomic E-state index is 0. The van der Waals surface area contributed by atoms with Crippen molar-refractivity contribution in [3.63, 3.8) is 0 Å². The van der Waals surface area contributed by atoms with Gasteiger partial charge in [-0.3, -0.25) is 9.37 Å². The molecular formula is C50H49F2IrN5O2Si-2. The maximum atomic E-state index is 13.9. The topological polar surface area (TPSA) is 82.8 Å². The Balaban J connectivity index is 0.000000286. The number of pyridine rings is 2. The normalized spacial score (nSPS) is 13.1. The molecule has 0 atom stereocenters. The van der Waals surface area contributed by atoms with Crippen molar-refractivity contribution in [2.24, 2.45) is 0 Å². The van der Waals surface area contributed by atoms with Crippen LogP contribution in [0.3, 0.4) is 0 Å². The van der Waals surface area contributed by atoms with E-state index in [9.17, 15) is 8.78 Å². The molecule has 61 heavy (non-hydrogen) atoms. The summed E-state index contributed by atoms with van der Waals surface area (Å²) in [6, 6.07) is 30.2. The van der Waals surface area contributed by atoms with E-state index in [0.717, 1.165) is 28.0 Å². The summed E-state index contributed by atoms with van der Waals surface area (Å²) in [6.07, 6.45) is 0.899. The summed E-state index contributed by atoms with van der Waals surface area (Å²) in [4.78, 5) is 17.6. The third-order valence-corrected chi connectivity index (χ3v) is 12.9. The second kappa shape index (κ2) is 16.5. The van der Waals surface area contributed by atoms with Crippen LogP contribution in [0.1, 0.15) is 86.7 Å². The van der Waals surface area contributed by atoms with Gasteiger partial charge >= 0.3 is 6.14 Å². The van der Waals surface area contributed by atoms with Crippen LogP contribution in [0.2, 0.25) is 19.6 Å². The predicted octanol–water partition coefficient (Wildman–Crippen LogP) is 13.2. The van der Waals surface area contributed by atoms with Gasteiger partial charge in [0.25, 0.3) is 0 Å². The van der Waals surface area contributed by atoms with Crippen LogP contribution in [0, 0.1) is 30.9 Å². The van der Waals surface area contributed by atoms with Crippen molar-refractivity contribution in [2.75, 3.05) is 0 Å². The van der Waals surface area contributed by atoms with Gasteiger partial charge < -0.3 is 18.4 Å². The number of imidazole rings is 1. The Bertz CT molecular complexity index is 3130. The van der Waals surface area contributed by atoms with Crippen molar-refractivity contribution in [3.8, 4) is 28.3 Å². The van der Waals surface area contributed by atoms with Gasteiger partial charge in [-0.25, -0.2) is 0 Å². The summed E-state index contributed by atoms with van der Waals surface area (Å²) in [6.45, 7) is 19.8. The van der Waals surface area contributed by atoms with E-state index in [1.165, 1.54) is 46.1 Å². The number of aryl methyl sites for hydroxylation is 1. The molecule has 7 nitrogen and oxygen atoms in total. The molecule has 5 heterocycles. The number of furan rings is 1. The number of para-hydroxylation sites is 2. The van der Waals surface area contributed by atoms with Crippen LogP contribution in [-0.4, -0.2) is 32.6 Å². The average Bonchev–Trinajstić information content (AvgIpc) is 3.90. The Morgan fingerprint density at radius 3 is 2.16 bits per heavy atom. The van der Waals surface area contributed by atoms with E-state index in [-0.39, 0.29) is 71.3 Å². The largest absolute Gasteiger partial charge is 0.486 e. The van der Waals surface area contributed by atoms with Crippen molar-refractivity contribution in [1.82, 2.24) is 24.5 Å². The van der Waals surface area contributed by atoms with Crippen LogP contribution in [-0.2, 0) is 25.5 Å². The standard InChI is InChI=1S/C36H34FN4O2.C14H15FNSi.Ir/c1-18(2)23-15-21(36(6,7)8)16-24(19(3)4)30(23)41-27-12-10-9-11-26(27)38-33(41)22-14-13-20(5)29-25-17-28-32(40-35(37)42-28)39-34(25)43-31(22)29;1-17(2,3)13-8-9-14(16-10-13)11-4-6-12(15)7-5-11;/h9-13,15-19H,1-8H3;4,6-10H,1-3H3;/q2*-1;/i5D3;;. The monoisotopic (exact) mass is 1010 g/mol. The number of hydrogen-bond acceptors (Lipinski definition) is 6. The molecule has 1 radical (unpaired) electrons. The summed E-state index contributed by atoms with van der Waals surface area (Å²) >= 11 is 0. The molecule has 0 spiro atoms. The number of nitrogens with zero attached hydrogens (tertiary/aromatic N) is 5. The van der Waals surface area contributed by atoms with Crippen molar-refractivity contribution >= 4 is 57.6 Å². The maximum Gasteiger partial charge on any atom is 0.384 e. The van der Waals surface area contributed by atoms with Gasteiger partial charge in [-0.2, -0.15) is 9.97 Å². The fourth-order valence-electron chi connectivity index (χ4n) is 7.47. The zero-order chi connectivity index (χ0) is 45.3. The number of fused-ring (bicyclic) bond motifs is 5. The summed E-state index contributed by atoms with van der Waals surface area (Å²) in [5.41, 5.74) is 8.94. The first-order valence-corrected chi connectivity index (χ1v) is 23.6. The van der Waals surface area contributed by atoms with E-state index in [1.54, 1.807) is 6.07 Å². The molecule has 11 heteroatoms.